The molecule has 1 aliphatic rings. The molecule has 1 N–H and O–H groups in total. The molecule has 0 aromatic rings. The summed E-state index contributed by atoms with van der Waals surface area (Å²) < 4.78 is 5.30. The quantitative estimate of drug-likeness (QED) is 0.752. The van der Waals surface area contributed by atoms with Crippen LogP contribution in [0.5, 0.6) is 0 Å². The van der Waals surface area contributed by atoms with Crippen LogP contribution in [0.1, 0.15) is 34.1 Å². The van der Waals surface area contributed by atoms with E-state index in [2.05, 4.69) is 5.32 Å². The lowest BCUT2D eigenvalue weighted by atomic mass is 10.2. The molecule has 2 atom stereocenters. The largest absolute Gasteiger partial charge is 0.459 e. The summed E-state index contributed by atoms with van der Waals surface area (Å²) in [6.45, 7) is 7.55. The molecule has 4 heteroatoms. The molecule has 1 aliphatic heterocycles. The number of rotatable bonds is 3. The number of nitrogens with one attached hydrogen (secondary N) is 1. The zero-order valence-electron chi connectivity index (χ0n) is 10.0. The van der Waals surface area contributed by atoms with Gasteiger partial charge in [0.25, 0.3) is 0 Å². The number of thioether (sulfide) groups is 1. The van der Waals surface area contributed by atoms with Gasteiger partial charge in [0.15, 0.2) is 0 Å². The molecule has 1 saturated heterocycles. The summed E-state index contributed by atoms with van der Waals surface area (Å²) in [6, 6.07) is 0.269. The van der Waals surface area contributed by atoms with Crippen LogP contribution in [0.2, 0.25) is 0 Å². The molecule has 0 amide bonds. The van der Waals surface area contributed by atoms with Gasteiger partial charge in [-0.3, -0.25) is 4.79 Å². The van der Waals surface area contributed by atoms with Crippen molar-refractivity contribution in [2.24, 2.45) is 0 Å². The maximum absolute atomic E-state index is 11.7. The summed E-state index contributed by atoms with van der Waals surface area (Å²) in [4.78, 5) is 11.7. The highest BCUT2D eigenvalue weighted by molar-refractivity contribution is 7.99. The van der Waals surface area contributed by atoms with Crippen molar-refractivity contribution in [2.45, 2.75) is 51.8 Å². The maximum atomic E-state index is 11.7. The first kappa shape index (κ1) is 12.8. The standard InChI is InChI=1S/C11H21NO2S/c1-8(10(13)14-11(2,3)4)12-9-5-6-15-7-9/h8-9,12H,5-7H2,1-4H3/t8-,9?/m1/s1. The first-order chi connectivity index (χ1) is 6.88. The summed E-state index contributed by atoms with van der Waals surface area (Å²) in [6.07, 6.45) is 1.15. The number of carbonyl (C=O) groups is 1. The van der Waals surface area contributed by atoms with E-state index in [1.807, 2.05) is 39.5 Å². The van der Waals surface area contributed by atoms with E-state index in [4.69, 9.17) is 4.74 Å². The van der Waals surface area contributed by atoms with Gasteiger partial charge in [-0.2, -0.15) is 11.8 Å². The second-order valence-electron chi connectivity index (χ2n) is 4.98. The van der Waals surface area contributed by atoms with Crippen LogP contribution in [0.4, 0.5) is 0 Å². The third-order valence-electron chi connectivity index (χ3n) is 2.18. The normalized spacial score (nSPS) is 23.9. The van der Waals surface area contributed by atoms with Crippen LogP contribution in [0.25, 0.3) is 0 Å². The molecule has 15 heavy (non-hydrogen) atoms. The summed E-state index contributed by atoms with van der Waals surface area (Å²) >= 11 is 1.93. The van der Waals surface area contributed by atoms with Crippen molar-refractivity contribution in [1.82, 2.24) is 5.32 Å². The van der Waals surface area contributed by atoms with Crippen LogP contribution in [-0.4, -0.2) is 35.2 Å². The van der Waals surface area contributed by atoms with Gasteiger partial charge in [0.2, 0.25) is 0 Å². The molecule has 0 bridgehead atoms. The lowest BCUT2D eigenvalue weighted by Gasteiger charge is -2.24. The SMILES string of the molecule is C[C@@H](NC1CCSC1)C(=O)OC(C)(C)C. The minimum atomic E-state index is -0.391. The van der Waals surface area contributed by atoms with Gasteiger partial charge in [-0.05, 0) is 39.9 Å². The van der Waals surface area contributed by atoms with Crippen molar-refractivity contribution >= 4 is 17.7 Å². The highest BCUT2D eigenvalue weighted by Gasteiger charge is 2.25. The fourth-order valence-electron chi connectivity index (χ4n) is 1.48. The fourth-order valence-corrected chi connectivity index (χ4v) is 2.64. The van der Waals surface area contributed by atoms with E-state index in [0.29, 0.717) is 6.04 Å². The molecular weight excluding hydrogens is 210 g/mol. The Balaban J connectivity index is 2.32. The molecule has 0 spiro atoms. The van der Waals surface area contributed by atoms with Crippen molar-refractivity contribution in [3.05, 3.63) is 0 Å². The van der Waals surface area contributed by atoms with Gasteiger partial charge in [0.05, 0.1) is 0 Å². The maximum Gasteiger partial charge on any atom is 0.323 e. The van der Waals surface area contributed by atoms with Crippen LogP contribution < -0.4 is 5.32 Å². The van der Waals surface area contributed by atoms with Crippen LogP contribution in [0.15, 0.2) is 0 Å². The topological polar surface area (TPSA) is 38.3 Å². The van der Waals surface area contributed by atoms with Gasteiger partial charge in [0.1, 0.15) is 11.6 Å². The molecule has 0 aliphatic carbocycles. The van der Waals surface area contributed by atoms with Gasteiger partial charge in [-0.15, -0.1) is 0 Å². The Morgan fingerprint density at radius 3 is 2.67 bits per heavy atom. The van der Waals surface area contributed by atoms with E-state index in [1.165, 1.54) is 5.75 Å². The third kappa shape index (κ3) is 4.89. The average molecular weight is 231 g/mol. The highest BCUT2D eigenvalue weighted by atomic mass is 32.2. The van der Waals surface area contributed by atoms with E-state index in [1.54, 1.807) is 0 Å². The van der Waals surface area contributed by atoms with Crippen LogP contribution in [0.3, 0.4) is 0 Å². The number of carbonyl (C=O) groups excluding carboxylic acids is 1. The van der Waals surface area contributed by atoms with Gasteiger partial charge in [0, 0.05) is 11.8 Å². The number of esters is 1. The Morgan fingerprint density at radius 2 is 2.20 bits per heavy atom. The van der Waals surface area contributed by atoms with Crippen molar-refractivity contribution in [2.75, 3.05) is 11.5 Å². The van der Waals surface area contributed by atoms with Crippen LogP contribution in [0, 0.1) is 0 Å². The molecule has 0 saturated carbocycles. The average Bonchev–Trinajstić information content (AvgIpc) is 2.53. The minimum absolute atomic E-state index is 0.153. The summed E-state index contributed by atoms with van der Waals surface area (Å²) in [7, 11) is 0. The van der Waals surface area contributed by atoms with E-state index < -0.39 is 5.60 Å². The van der Waals surface area contributed by atoms with E-state index in [-0.39, 0.29) is 12.0 Å². The monoisotopic (exact) mass is 231 g/mol. The second kappa shape index (κ2) is 5.21. The minimum Gasteiger partial charge on any atom is -0.459 e. The Kier molecular flexibility index (Phi) is 4.46. The zero-order valence-corrected chi connectivity index (χ0v) is 10.8. The Labute approximate surface area is 96.3 Å². The van der Waals surface area contributed by atoms with Gasteiger partial charge in [-0.1, -0.05) is 0 Å². The van der Waals surface area contributed by atoms with E-state index in [0.717, 1.165) is 12.2 Å². The first-order valence-electron chi connectivity index (χ1n) is 5.45. The van der Waals surface area contributed by atoms with Gasteiger partial charge < -0.3 is 10.1 Å². The first-order valence-corrected chi connectivity index (χ1v) is 6.60. The molecule has 0 aromatic heterocycles. The molecule has 1 rings (SSSR count). The number of hydrogen-bond acceptors (Lipinski definition) is 4. The Morgan fingerprint density at radius 1 is 1.53 bits per heavy atom. The molecule has 1 unspecified atom stereocenters. The Hall–Kier alpha value is -0.220. The summed E-state index contributed by atoms with van der Waals surface area (Å²) in [5.74, 6) is 2.14. The molecule has 0 radical (unpaired) electrons. The molecule has 1 heterocycles. The predicted molar refractivity (Wildman–Crippen MR) is 64.2 cm³/mol. The lowest BCUT2D eigenvalue weighted by molar-refractivity contribution is -0.157. The summed E-state index contributed by atoms with van der Waals surface area (Å²) in [5, 5.41) is 3.31. The number of ether oxygens (including phenoxy) is 1. The fraction of sp³-hybridized carbons (Fsp3) is 0.909. The van der Waals surface area contributed by atoms with Crippen molar-refractivity contribution in [1.29, 1.82) is 0 Å². The van der Waals surface area contributed by atoms with Gasteiger partial charge in [-0.25, -0.2) is 0 Å². The van der Waals surface area contributed by atoms with Crippen molar-refractivity contribution in [3.8, 4) is 0 Å². The summed E-state index contributed by atoms with van der Waals surface area (Å²) in [5.41, 5.74) is -0.391. The third-order valence-corrected chi connectivity index (χ3v) is 3.34. The van der Waals surface area contributed by atoms with Crippen LogP contribution >= 0.6 is 11.8 Å². The van der Waals surface area contributed by atoms with Crippen LogP contribution in [-0.2, 0) is 9.53 Å². The smallest absolute Gasteiger partial charge is 0.323 e. The second-order valence-corrected chi connectivity index (χ2v) is 6.13. The highest BCUT2D eigenvalue weighted by Crippen LogP contribution is 2.18. The van der Waals surface area contributed by atoms with Crippen molar-refractivity contribution < 1.29 is 9.53 Å². The lowest BCUT2D eigenvalue weighted by Crippen LogP contribution is -2.44. The predicted octanol–water partition coefficient (Wildman–Crippen LogP) is 1.81. The molecule has 1 fully saturated rings. The molecule has 3 nitrogen and oxygen atoms in total. The molecule has 0 aromatic carbocycles. The number of hydrogen-bond donors (Lipinski definition) is 1. The van der Waals surface area contributed by atoms with Crippen molar-refractivity contribution in [3.63, 3.8) is 0 Å². The zero-order chi connectivity index (χ0) is 11.5. The molecule has 88 valence electrons. The Bertz CT molecular complexity index is 219. The van der Waals surface area contributed by atoms with E-state index >= 15 is 0 Å². The van der Waals surface area contributed by atoms with E-state index in [9.17, 15) is 4.79 Å². The van der Waals surface area contributed by atoms with Gasteiger partial charge >= 0.3 is 5.97 Å². The molecular formula is C11H21NO2S.